The van der Waals surface area contributed by atoms with Crippen molar-refractivity contribution in [2.75, 3.05) is 42.6 Å². The number of hydrogen-bond donors (Lipinski definition) is 0. The van der Waals surface area contributed by atoms with E-state index in [9.17, 15) is 13.2 Å². The molecule has 5 heterocycles. The number of pyridine rings is 1. The number of nitrogens with zero attached hydrogens (tertiary/aromatic N) is 5. The Morgan fingerprint density at radius 3 is 2.42 bits per heavy atom. The topological polar surface area (TPSA) is 88.4 Å². The van der Waals surface area contributed by atoms with Crippen LogP contribution in [0.25, 0.3) is 0 Å². The maximum atomic E-state index is 12.7. The van der Waals surface area contributed by atoms with Crippen LogP contribution in [0.4, 0.5) is 5.82 Å². The number of carbonyl (C=O) groups is 1. The van der Waals surface area contributed by atoms with Crippen LogP contribution in [0.15, 0.2) is 24.5 Å². The first kappa shape index (κ1) is 20.5. The third-order valence-electron chi connectivity index (χ3n) is 6.84. The number of imidazole rings is 1. The monoisotopic (exact) mass is 443 g/mol. The highest BCUT2D eigenvalue weighted by atomic mass is 32.2. The molecule has 0 atom stereocenters. The van der Waals surface area contributed by atoms with Gasteiger partial charge in [0.15, 0.2) is 9.84 Å². The predicted octanol–water partition coefficient (Wildman–Crippen LogP) is 1.87. The Hall–Kier alpha value is -2.42. The molecule has 9 heteroatoms. The Balaban J connectivity index is 1.20. The molecule has 2 aromatic heterocycles. The van der Waals surface area contributed by atoms with E-state index in [0.717, 1.165) is 44.7 Å². The van der Waals surface area contributed by atoms with Crippen LogP contribution >= 0.6 is 0 Å². The van der Waals surface area contributed by atoms with Gasteiger partial charge in [-0.1, -0.05) is 0 Å². The molecule has 0 spiro atoms. The first-order valence-electron chi connectivity index (χ1n) is 11.3. The average Bonchev–Trinajstić information content (AvgIpc) is 3.23. The van der Waals surface area contributed by atoms with Gasteiger partial charge in [-0.25, -0.2) is 18.4 Å². The highest BCUT2D eigenvalue weighted by molar-refractivity contribution is 7.91. The van der Waals surface area contributed by atoms with E-state index in [1.807, 2.05) is 12.1 Å². The first-order valence-corrected chi connectivity index (χ1v) is 13.1. The van der Waals surface area contributed by atoms with Gasteiger partial charge in [-0.05, 0) is 44.2 Å². The predicted molar refractivity (Wildman–Crippen MR) is 118 cm³/mol. The molecular formula is C22H29N5O3S. The van der Waals surface area contributed by atoms with Gasteiger partial charge in [0.05, 0.1) is 17.1 Å². The van der Waals surface area contributed by atoms with Crippen molar-refractivity contribution in [3.63, 3.8) is 0 Å². The second-order valence-electron chi connectivity index (χ2n) is 8.83. The minimum absolute atomic E-state index is 0.0406. The van der Waals surface area contributed by atoms with Gasteiger partial charge in [0.1, 0.15) is 11.6 Å². The number of piperidine rings is 1. The van der Waals surface area contributed by atoms with Crippen molar-refractivity contribution in [1.82, 2.24) is 19.4 Å². The number of sulfone groups is 1. The second-order valence-corrected chi connectivity index (χ2v) is 11.1. The van der Waals surface area contributed by atoms with Gasteiger partial charge in [0.2, 0.25) is 0 Å². The first-order chi connectivity index (χ1) is 15.0. The molecule has 166 valence electrons. The number of rotatable bonds is 3. The molecule has 3 aliphatic heterocycles. The fraction of sp³-hybridized carbons (Fsp3) is 0.591. The molecule has 0 bridgehead atoms. The van der Waals surface area contributed by atoms with Crippen molar-refractivity contribution in [3.05, 3.63) is 41.6 Å². The highest BCUT2D eigenvalue weighted by Crippen LogP contribution is 2.31. The molecular weight excluding hydrogens is 414 g/mol. The minimum Gasteiger partial charge on any atom is -0.357 e. The van der Waals surface area contributed by atoms with Crippen LogP contribution in [0.2, 0.25) is 0 Å². The zero-order chi connectivity index (χ0) is 21.4. The SMILES string of the molecule is O=C(c1ccc(N2CCC(c3ncc4n3CCCC4)CC2)nc1)N1CCS(=O)(=O)CC1. The standard InChI is InChI=1S/C22H29N5O3S/c28-22(26-11-13-31(29,30)14-12-26)18-4-5-20(23-15-18)25-9-6-17(7-10-25)21-24-16-19-3-1-2-8-27(19)21/h4-5,15-17H,1-3,6-14H2. The van der Waals surface area contributed by atoms with Gasteiger partial charge in [-0.15, -0.1) is 0 Å². The van der Waals surface area contributed by atoms with Crippen molar-refractivity contribution < 1.29 is 13.2 Å². The molecule has 0 aliphatic carbocycles. The Morgan fingerprint density at radius 2 is 1.71 bits per heavy atom. The number of aromatic nitrogens is 3. The Bertz CT molecular complexity index is 1040. The smallest absolute Gasteiger partial charge is 0.255 e. The average molecular weight is 444 g/mol. The maximum Gasteiger partial charge on any atom is 0.255 e. The van der Waals surface area contributed by atoms with Gasteiger partial charge >= 0.3 is 0 Å². The summed E-state index contributed by atoms with van der Waals surface area (Å²) in [5.74, 6) is 2.59. The number of anilines is 1. The number of amides is 1. The maximum absolute atomic E-state index is 12.7. The summed E-state index contributed by atoms with van der Waals surface area (Å²) in [5.41, 5.74) is 1.90. The molecule has 0 aromatic carbocycles. The summed E-state index contributed by atoms with van der Waals surface area (Å²) in [6, 6.07) is 3.72. The van der Waals surface area contributed by atoms with E-state index in [0.29, 0.717) is 11.5 Å². The third-order valence-corrected chi connectivity index (χ3v) is 8.45. The summed E-state index contributed by atoms with van der Waals surface area (Å²) < 4.78 is 25.6. The summed E-state index contributed by atoms with van der Waals surface area (Å²) in [6.07, 6.45) is 9.46. The molecule has 0 unspecified atom stereocenters. The number of carbonyl (C=O) groups excluding carboxylic acids is 1. The Kier molecular flexibility index (Phi) is 5.45. The molecule has 31 heavy (non-hydrogen) atoms. The third kappa shape index (κ3) is 4.20. The summed E-state index contributed by atoms with van der Waals surface area (Å²) in [6.45, 7) is 3.47. The van der Waals surface area contributed by atoms with Crippen LogP contribution in [-0.2, 0) is 22.8 Å². The zero-order valence-electron chi connectivity index (χ0n) is 17.7. The van der Waals surface area contributed by atoms with E-state index in [-0.39, 0.29) is 30.5 Å². The van der Waals surface area contributed by atoms with Crippen LogP contribution in [0.5, 0.6) is 0 Å². The van der Waals surface area contributed by atoms with Crippen LogP contribution in [-0.4, -0.2) is 71.4 Å². The number of aryl methyl sites for hydroxylation is 1. The molecule has 2 saturated heterocycles. The highest BCUT2D eigenvalue weighted by Gasteiger charge is 2.28. The summed E-state index contributed by atoms with van der Waals surface area (Å²) in [5, 5.41) is 0. The summed E-state index contributed by atoms with van der Waals surface area (Å²) in [7, 11) is -3.00. The van der Waals surface area contributed by atoms with Gasteiger partial charge in [0.25, 0.3) is 5.91 Å². The molecule has 0 N–H and O–H groups in total. The van der Waals surface area contributed by atoms with E-state index >= 15 is 0 Å². The van der Waals surface area contributed by atoms with Crippen LogP contribution in [0, 0.1) is 0 Å². The largest absolute Gasteiger partial charge is 0.357 e. The van der Waals surface area contributed by atoms with E-state index in [1.54, 1.807) is 11.1 Å². The van der Waals surface area contributed by atoms with E-state index in [2.05, 4.69) is 20.6 Å². The van der Waals surface area contributed by atoms with Crippen molar-refractivity contribution in [2.24, 2.45) is 0 Å². The molecule has 1 amide bonds. The fourth-order valence-electron chi connectivity index (χ4n) is 4.95. The van der Waals surface area contributed by atoms with E-state index < -0.39 is 9.84 Å². The molecule has 5 rings (SSSR count). The van der Waals surface area contributed by atoms with Crippen LogP contribution in [0.3, 0.4) is 0 Å². The zero-order valence-corrected chi connectivity index (χ0v) is 18.6. The fourth-order valence-corrected chi connectivity index (χ4v) is 6.15. The number of hydrogen-bond acceptors (Lipinski definition) is 6. The minimum atomic E-state index is -3.00. The van der Waals surface area contributed by atoms with Gasteiger partial charge < -0.3 is 14.4 Å². The lowest BCUT2D eigenvalue weighted by Gasteiger charge is -2.33. The Labute approximate surface area is 183 Å². The lowest BCUT2D eigenvalue weighted by molar-refractivity contribution is 0.0770. The van der Waals surface area contributed by atoms with Gasteiger partial charge in [-0.2, -0.15) is 0 Å². The van der Waals surface area contributed by atoms with Gasteiger partial charge in [0, 0.05) is 56.7 Å². The van der Waals surface area contributed by atoms with Crippen molar-refractivity contribution >= 4 is 21.6 Å². The summed E-state index contributed by atoms with van der Waals surface area (Å²) in [4.78, 5) is 25.8. The Morgan fingerprint density at radius 1 is 0.935 bits per heavy atom. The van der Waals surface area contributed by atoms with E-state index in [4.69, 9.17) is 4.98 Å². The molecule has 3 aliphatic rings. The van der Waals surface area contributed by atoms with Gasteiger partial charge in [-0.3, -0.25) is 4.79 Å². The molecule has 2 aromatic rings. The number of fused-ring (bicyclic) bond motifs is 1. The van der Waals surface area contributed by atoms with Crippen molar-refractivity contribution in [2.45, 2.75) is 44.6 Å². The molecule has 8 nitrogen and oxygen atoms in total. The van der Waals surface area contributed by atoms with Crippen molar-refractivity contribution in [3.8, 4) is 0 Å². The normalized spacial score (nSPS) is 21.7. The molecule has 2 fully saturated rings. The van der Waals surface area contributed by atoms with E-state index in [1.165, 1.54) is 24.4 Å². The second kappa shape index (κ2) is 8.26. The lowest BCUT2D eigenvalue weighted by atomic mass is 9.95. The van der Waals surface area contributed by atoms with Crippen LogP contribution in [0.1, 0.15) is 53.5 Å². The molecule has 0 saturated carbocycles. The lowest BCUT2D eigenvalue weighted by Crippen LogP contribution is -2.43. The van der Waals surface area contributed by atoms with Crippen molar-refractivity contribution in [1.29, 1.82) is 0 Å². The summed E-state index contributed by atoms with van der Waals surface area (Å²) >= 11 is 0. The quantitative estimate of drug-likeness (QED) is 0.720. The van der Waals surface area contributed by atoms with Crippen LogP contribution < -0.4 is 4.90 Å². The molecule has 0 radical (unpaired) electrons.